The highest BCUT2D eigenvalue weighted by atomic mass is 19.4. The Balaban J connectivity index is 1.92. The Bertz CT molecular complexity index is 974. The molecule has 2 aromatic carbocycles. The van der Waals surface area contributed by atoms with E-state index in [-0.39, 0.29) is 36.2 Å². The number of benzene rings is 2. The Labute approximate surface area is 167 Å². The third-order valence-electron chi connectivity index (χ3n) is 4.67. The molecule has 1 atom stereocenters. The quantitative estimate of drug-likeness (QED) is 0.456. The van der Waals surface area contributed by atoms with E-state index in [0.29, 0.717) is 12.1 Å². The van der Waals surface area contributed by atoms with Gasteiger partial charge in [0, 0.05) is 19.1 Å². The van der Waals surface area contributed by atoms with Gasteiger partial charge in [-0.05, 0) is 29.7 Å². The number of aliphatic imine (C=N–C) groups is 1. The predicted molar refractivity (Wildman–Crippen MR) is 97.7 cm³/mol. The number of carbonyl (C=O) groups is 1. The van der Waals surface area contributed by atoms with Crippen LogP contribution in [0.3, 0.4) is 0 Å². The zero-order valence-electron chi connectivity index (χ0n) is 15.3. The van der Waals surface area contributed by atoms with Crippen molar-refractivity contribution in [3.05, 3.63) is 76.6 Å². The fourth-order valence-corrected chi connectivity index (χ4v) is 3.17. The molecule has 0 aromatic heterocycles. The summed E-state index contributed by atoms with van der Waals surface area (Å²) < 4.78 is 77.6. The van der Waals surface area contributed by atoms with Gasteiger partial charge >= 0.3 is 12.4 Å². The number of hydrogen-bond acceptors (Lipinski definition) is 3. The fraction of sp³-hybridized carbons (Fsp3) is 0.238. The maximum absolute atomic E-state index is 12.9. The smallest absolute Gasteiger partial charge is 0.416 e. The number of alkyl halides is 6. The number of carbonyl (C=O) groups excluding carboxylic acids is 1. The second-order valence-electron chi connectivity index (χ2n) is 6.82. The normalized spacial score (nSPS) is 18.3. The number of nitrogens with zero attached hydrogens (tertiary/aromatic N) is 1. The summed E-state index contributed by atoms with van der Waals surface area (Å²) in [6.07, 6.45) is -9.05. The van der Waals surface area contributed by atoms with Crippen molar-refractivity contribution < 1.29 is 36.2 Å². The summed E-state index contributed by atoms with van der Waals surface area (Å²) in [7, 11) is 0. The average molecular weight is 427 g/mol. The minimum absolute atomic E-state index is 0.00796. The van der Waals surface area contributed by atoms with Gasteiger partial charge in [0.25, 0.3) is 0 Å². The topological polar surface area (TPSA) is 49.7 Å². The second kappa shape index (κ2) is 7.97. The lowest BCUT2D eigenvalue weighted by Crippen LogP contribution is -2.19. The Kier molecular flexibility index (Phi) is 5.74. The lowest BCUT2D eigenvalue weighted by Gasteiger charge is -2.22. The first-order valence-electron chi connectivity index (χ1n) is 8.79. The summed E-state index contributed by atoms with van der Waals surface area (Å²) in [6.45, 7) is 0. The summed E-state index contributed by atoms with van der Waals surface area (Å²) in [5.74, 6) is -1.09. The van der Waals surface area contributed by atoms with E-state index in [4.69, 9.17) is 0 Å². The van der Waals surface area contributed by atoms with Gasteiger partial charge in [0.15, 0.2) is 5.78 Å². The highest BCUT2D eigenvalue weighted by Gasteiger charge is 2.37. The number of ketones is 1. The van der Waals surface area contributed by atoms with Crippen LogP contribution in [0, 0.1) is 0 Å². The molecular formula is C21H15F6NO2. The van der Waals surface area contributed by atoms with Crippen molar-refractivity contribution in [2.45, 2.75) is 31.1 Å². The lowest BCUT2D eigenvalue weighted by atomic mass is 9.83. The Hall–Kier alpha value is -3.10. The molecule has 0 heterocycles. The van der Waals surface area contributed by atoms with Gasteiger partial charge in [-0.1, -0.05) is 30.3 Å². The van der Waals surface area contributed by atoms with Gasteiger partial charge in [0.2, 0.25) is 0 Å². The largest absolute Gasteiger partial charge is 0.511 e. The van der Waals surface area contributed by atoms with Gasteiger partial charge in [-0.15, -0.1) is 0 Å². The third-order valence-corrected chi connectivity index (χ3v) is 4.67. The number of aliphatic hydroxyl groups is 1. The van der Waals surface area contributed by atoms with Crippen LogP contribution in [-0.2, 0) is 17.1 Å². The molecular weight excluding hydrogens is 412 g/mol. The minimum Gasteiger partial charge on any atom is -0.511 e. The maximum atomic E-state index is 12.9. The van der Waals surface area contributed by atoms with E-state index in [1.54, 1.807) is 30.3 Å². The molecule has 0 saturated heterocycles. The van der Waals surface area contributed by atoms with Crippen molar-refractivity contribution in [2.75, 3.05) is 0 Å². The summed E-state index contributed by atoms with van der Waals surface area (Å²) in [5, 5.41) is 10.2. The van der Waals surface area contributed by atoms with E-state index in [1.165, 1.54) is 0 Å². The molecule has 0 aliphatic heterocycles. The SMILES string of the molecule is O=C1CC(c2ccccc2)CC(O)=C1C=Nc1cc(C(F)(F)F)cc(C(F)(F)F)c1. The molecule has 2 aromatic rings. The van der Waals surface area contributed by atoms with Crippen LogP contribution in [0.25, 0.3) is 0 Å². The van der Waals surface area contributed by atoms with Crippen molar-refractivity contribution in [1.82, 2.24) is 0 Å². The molecule has 0 amide bonds. The van der Waals surface area contributed by atoms with Crippen LogP contribution < -0.4 is 0 Å². The number of hydrogen-bond donors (Lipinski definition) is 1. The first-order valence-corrected chi connectivity index (χ1v) is 8.79. The second-order valence-corrected chi connectivity index (χ2v) is 6.82. The lowest BCUT2D eigenvalue weighted by molar-refractivity contribution is -0.143. The molecule has 0 radical (unpaired) electrons. The third kappa shape index (κ3) is 4.90. The molecule has 0 saturated carbocycles. The van der Waals surface area contributed by atoms with Crippen molar-refractivity contribution in [1.29, 1.82) is 0 Å². The highest BCUT2D eigenvalue weighted by molar-refractivity contribution is 6.15. The first-order chi connectivity index (χ1) is 13.9. The van der Waals surface area contributed by atoms with Crippen molar-refractivity contribution in [2.24, 2.45) is 4.99 Å². The number of halogens is 6. The molecule has 1 aliphatic carbocycles. The van der Waals surface area contributed by atoms with Crippen LogP contribution in [0.1, 0.15) is 35.4 Å². The summed E-state index contributed by atoms with van der Waals surface area (Å²) >= 11 is 0. The molecule has 0 spiro atoms. The minimum atomic E-state index is -5.00. The van der Waals surface area contributed by atoms with Gasteiger partial charge in [-0.2, -0.15) is 26.3 Å². The molecule has 0 bridgehead atoms. The summed E-state index contributed by atoms with van der Waals surface area (Å²) in [4.78, 5) is 16.0. The van der Waals surface area contributed by atoms with Crippen molar-refractivity contribution in [3.63, 3.8) is 0 Å². The van der Waals surface area contributed by atoms with Gasteiger partial charge < -0.3 is 5.11 Å². The Morgan fingerprint density at radius 1 is 0.900 bits per heavy atom. The molecule has 30 heavy (non-hydrogen) atoms. The van der Waals surface area contributed by atoms with Gasteiger partial charge in [-0.3, -0.25) is 9.79 Å². The van der Waals surface area contributed by atoms with Gasteiger partial charge in [0.1, 0.15) is 5.76 Å². The summed E-state index contributed by atoms with van der Waals surface area (Å²) in [5.41, 5.74) is -3.05. The average Bonchev–Trinajstić information content (AvgIpc) is 2.66. The van der Waals surface area contributed by atoms with Crippen LogP contribution in [-0.4, -0.2) is 17.1 Å². The van der Waals surface area contributed by atoms with E-state index < -0.39 is 35.0 Å². The van der Waals surface area contributed by atoms with Crippen LogP contribution >= 0.6 is 0 Å². The number of aliphatic hydroxyl groups excluding tert-OH is 1. The monoisotopic (exact) mass is 427 g/mol. The van der Waals surface area contributed by atoms with E-state index in [0.717, 1.165) is 11.8 Å². The number of allylic oxidation sites excluding steroid dienone is 2. The van der Waals surface area contributed by atoms with E-state index in [1.807, 2.05) is 0 Å². The standard InChI is InChI=1S/C21H15F6NO2/c22-20(23,24)14-8-15(21(25,26)27)10-16(9-14)28-11-17-18(29)6-13(7-19(17)30)12-4-2-1-3-5-12/h1-5,8-11,13,29H,6-7H2. The molecule has 1 aliphatic rings. The van der Waals surface area contributed by atoms with Crippen LogP contribution in [0.2, 0.25) is 0 Å². The van der Waals surface area contributed by atoms with Crippen molar-refractivity contribution >= 4 is 17.7 Å². The molecule has 0 fully saturated rings. The molecule has 1 N–H and O–H groups in total. The molecule has 158 valence electrons. The Morgan fingerprint density at radius 3 is 1.97 bits per heavy atom. The summed E-state index contributed by atoms with van der Waals surface area (Å²) in [6, 6.07) is 9.84. The highest BCUT2D eigenvalue weighted by Crippen LogP contribution is 2.38. The molecule has 1 unspecified atom stereocenters. The van der Waals surface area contributed by atoms with Crippen LogP contribution in [0.4, 0.5) is 32.0 Å². The zero-order chi connectivity index (χ0) is 22.1. The van der Waals surface area contributed by atoms with E-state index in [9.17, 15) is 36.2 Å². The predicted octanol–water partition coefficient (Wildman–Crippen LogP) is 6.39. The van der Waals surface area contributed by atoms with Gasteiger partial charge in [-0.25, -0.2) is 0 Å². The maximum Gasteiger partial charge on any atom is 0.416 e. The molecule has 9 heteroatoms. The van der Waals surface area contributed by atoms with Gasteiger partial charge in [0.05, 0.1) is 22.4 Å². The zero-order valence-corrected chi connectivity index (χ0v) is 15.3. The fourth-order valence-electron chi connectivity index (χ4n) is 3.17. The van der Waals surface area contributed by atoms with Crippen LogP contribution in [0.15, 0.2) is 64.9 Å². The Morgan fingerprint density at radius 2 is 1.47 bits per heavy atom. The molecule has 3 nitrogen and oxygen atoms in total. The van der Waals surface area contributed by atoms with E-state index >= 15 is 0 Å². The number of rotatable bonds is 3. The van der Waals surface area contributed by atoms with E-state index in [2.05, 4.69) is 4.99 Å². The molecule has 3 rings (SSSR count). The number of Topliss-reactive ketones (excluding diaryl/α,β-unsaturated/α-hetero) is 1. The first kappa shape index (κ1) is 21.6. The van der Waals surface area contributed by atoms with Crippen LogP contribution in [0.5, 0.6) is 0 Å². The van der Waals surface area contributed by atoms with Crippen molar-refractivity contribution in [3.8, 4) is 0 Å².